The van der Waals surface area contributed by atoms with Gasteiger partial charge in [-0.25, -0.2) is 14.6 Å². The molecule has 7 heteroatoms. The topological polar surface area (TPSA) is 75.9 Å². The van der Waals surface area contributed by atoms with Gasteiger partial charge in [0, 0.05) is 24.5 Å². The Morgan fingerprint density at radius 2 is 1.82 bits per heavy atom. The van der Waals surface area contributed by atoms with E-state index in [1.807, 2.05) is 66.5 Å². The molecule has 2 aromatic heterocycles. The lowest BCUT2D eigenvalue weighted by Crippen LogP contribution is -2.17. The van der Waals surface area contributed by atoms with E-state index in [0.717, 1.165) is 17.1 Å². The van der Waals surface area contributed by atoms with E-state index < -0.39 is 0 Å². The van der Waals surface area contributed by atoms with E-state index in [-0.39, 0.29) is 5.91 Å². The minimum atomic E-state index is -0.224. The molecule has 1 N–H and O–H groups in total. The van der Waals surface area contributed by atoms with Crippen molar-refractivity contribution >= 4 is 23.0 Å². The Kier molecular flexibility index (Phi) is 4.79. The number of nitrogens with zero attached hydrogens (tertiary/aromatic N) is 5. The summed E-state index contributed by atoms with van der Waals surface area (Å²) in [6.07, 6.45) is 4.53. The van der Waals surface area contributed by atoms with Crippen molar-refractivity contribution in [2.75, 3.05) is 17.3 Å². The first kappa shape index (κ1) is 17.4. The van der Waals surface area contributed by atoms with Crippen molar-refractivity contribution in [2.24, 2.45) is 0 Å². The molecule has 0 unspecified atom stereocenters. The van der Waals surface area contributed by atoms with Gasteiger partial charge in [-0.15, -0.1) is 0 Å². The molecule has 0 bridgehead atoms. The highest BCUT2D eigenvalue weighted by atomic mass is 16.1. The molecule has 0 radical (unpaired) electrons. The molecular weight excluding hydrogens is 352 g/mol. The number of carbonyl (C=O) groups is 1. The zero-order valence-electron chi connectivity index (χ0n) is 15.2. The minimum Gasteiger partial charge on any atom is -0.343 e. The van der Waals surface area contributed by atoms with Gasteiger partial charge in [0.1, 0.15) is 12.7 Å². The summed E-state index contributed by atoms with van der Waals surface area (Å²) in [6.45, 7) is 0. The monoisotopic (exact) mass is 370 g/mol. The second kappa shape index (κ2) is 7.71. The molecular formula is C21H18N6O. The van der Waals surface area contributed by atoms with Crippen molar-refractivity contribution in [3.05, 3.63) is 91.1 Å². The first-order valence-corrected chi connectivity index (χ1v) is 8.72. The van der Waals surface area contributed by atoms with Crippen molar-refractivity contribution in [1.29, 1.82) is 0 Å². The molecule has 138 valence electrons. The standard InChI is InChI=1S/C21H18N6O/c1-26(17-7-3-2-4-8-17)19-10-6-5-9-18(19)25-21(28)16-11-12-23-20(13-16)27-15-22-14-24-27/h2-15H,1H3,(H,25,28). The van der Waals surface area contributed by atoms with Gasteiger partial charge in [0.25, 0.3) is 5.91 Å². The Balaban J connectivity index is 1.60. The molecule has 0 fully saturated rings. The van der Waals surface area contributed by atoms with Crippen LogP contribution >= 0.6 is 0 Å². The van der Waals surface area contributed by atoms with E-state index in [4.69, 9.17) is 0 Å². The molecule has 7 nitrogen and oxygen atoms in total. The van der Waals surface area contributed by atoms with Crippen LogP contribution in [0.1, 0.15) is 10.4 Å². The maximum atomic E-state index is 12.8. The van der Waals surface area contributed by atoms with Gasteiger partial charge in [0.05, 0.1) is 11.4 Å². The number of hydrogen-bond acceptors (Lipinski definition) is 5. The number of aromatic nitrogens is 4. The number of benzene rings is 2. The molecule has 0 aliphatic carbocycles. The minimum absolute atomic E-state index is 0.224. The van der Waals surface area contributed by atoms with Gasteiger partial charge >= 0.3 is 0 Å². The van der Waals surface area contributed by atoms with Crippen molar-refractivity contribution in [2.45, 2.75) is 0 Å². The number of pyridine rings is 1. The molecule has 0 saturated carbocycles. The van der Waals surface area contributed by atoms with E-state index in [1.54, 1.807) is 18.3 Å². The van der Waals surface area contributed by atoms with Gasteiger partial charge < -0.3 is 10.2 Å². The summed E-state index contributed by atoms with van der Waals surface area (Å²) < 4.78 is 1.51. The molecule has 0 atom stereocenters. The summed E-state index contributed by atoms with van der Waals surface area (Å²) in [7, 11) is 1.97. The molecule has 4 rings (SSSR count). The predicted octanol–water partition coefficient (Wildman–Crippen LogP) is 3.68. The van der Waals surface area contributed by atoms with Gasteiger partial charge in [0.15, 0.2) is 5.82 Å². The zero-order chi connectivity index (χ0) is 19.3. The number of anilines is 3. The third kappa shape index (κ3) is 3.59. The number of para-hydroxylation sites is 3. The fourth-order valence-corrected chi connectivity index (χ4v) is 2.87. The van der Waals surface area contributed by atoms with Crippen molar-refractivity contribution < 1.29 is 4.79 Å². The second-order valence-electron chi connectivity index (χ2n) is 6.11. The largest absolute Gasteiger partial charge is 0.343 e. The molecule has 1 amide bonds. The lowest BCUT2D eigenvalue weighted by Gasteiger charge is -2.22. The van der Waals surface area contributed by atoms with E-state index in [9.17, 15) is 4.79 Å². The summed E-state index contributed by atoms with van der Waals surface area (Å²) in [5.41, 5.74) is 3.13. The third-order valence-corrected chi connectivity index (χ3v) is 4.32. The van der Waals surface area contributed by atoms with Crippen LogP contribution in [0, 0.1) is 0 Å². The van der Waals surface area contributed by atoms with Crippen LogP contribution in [0.2, 0.25) is 0 Å². The average molecular weight is 370 g/mol. The highest BCUT2D eigenvalue weighted by Gasteiger charge is 2.13. The predicted molar refractivity (Wildman–Crippen MR) is 108 cm³/mol. The number of nitrogens with one attached hydrogen (secondary N) is 1. The second-order valence-corrected chi connectivity index (χ2v) is 6.11. The normalized spacial score (nSPS) is 10.5. The van der Waals surface area contributed by atoms with Gasteiger partial charge in [-0.05, 0) is 36.4 Å². The third-order valence-electron chi connectivity index (χ3n) is 4.32. The quantitative estimate of drug-likeness (QED) is 0.580. The van der Waals surface area contributed by atoms with Crippen LogP contribution in [0.15, 0.2) is 85.6 Å². The van der Waals surface area contributed by atoms with Crippen LogP contribution in [-0.4, -0.2) is 32.7 Å². The summed E-state index contributed by atoms with van der Waals surface area (Å²) in [4.78, 5) is 23.0. The van der Waals surface area contributed by atoms with Crippen LogP contribution in [0.5, 0.6) is 0 Å². The highest BCUT2D eigenvalue weighted by molar-refractivity contribution is 6.06. The first-order valence-electron chi connectivity index (χ1n) is 8.72. The van der Waals surface area contributed by atoms with Crippen molar-refractivity contribution in [1.82, 2.24) is 19.7 Å². The van der Waals surface area contributed by atoms with Crippen molar-refractivity contribution in [3.8, 4) is 5.82 Å². The van der Waals surface area contributed by atoms with Gasteiger partial charge in [0.2, 0.25) is 0 Å². The Hall–Kier alpha value is -4.00. The number of carbonyl (C=O) groups excluding carboxylic acids is 1. The summed E-state index contributed by atoms with van der Waals surface area (Å²) in [5.74, 6) is 0.303. The number of rotatable bonds is 5. The molecule has 0 aliphatic rings. The van der Waals surface area contributed by atoms with Crippen molar-refractivity contribution in [3.63, 3.8) is 0 Å². The van der Waals surface area contributed by atoms with Crippen LogP contribution in [-0.2, 0) is 0 Å². The molecule has 0 spiro atoms. The molecule has 2 heterocycles. The smallest absolute Gasteiger partial charge is 0.255 e. The van der Waals surface area contributed by atoms with Crippen LogP contribution in [0.3, 0.4) is 0 Å². The Bertz CT molecular complexity index is 1080. The fourth-order valence-electron chi connectivity index (χ4n) is 2.87. The van der Waals surface area contributed by atoms with Gasteiger partial charge in [-0.3, -0.25) is 4.79 Å². The van der Waals surface area contributed by atoms with Gasteiger partial charge in [-0.2, -0.15) is 5.10 Å². The average Bonchev–Trinajstić information content (AvgIpc) is 3.29. The highest BCUT2D eigenvalue weighted by Crippen LogP contribution is 2.30. The Morgan fingerprint density at radius 1 is 1.04 bits per heavy atom. The number of amides is 1. The molecule has 2 aromatic carbocycles. The molecule has 4 aromatic rings. The maximum Gasteiger partial charge on any atom is 0.255 e. The van der Waals surface area contributed by atoms with Gasteiger partial charge in [-0.1, -0.05) is 30.3 Å². The van der Waals surface area contributed by atoms with Crippen LogP contribution in [0.25, 0.3) is 5.82 Å². The lowest BCUT2D eigenvalue weighted by atomic mass is 10.2. The Morgan fingerprint density at radius 3 is 2.61 bits per heavy atom. The maximum absolute atomic E-state index is 12.8. The summed E-state index contributed by atoms with van der Waals surface area (Å²) in [6, 6.07) is 21.0. The fraction of sp³-hybridized carbons (Fsp3) is 0.0476. The van der Waals surface area contributed by atoms with Crippen LogP contribution < -0.4 is 10.2 Å². The van der Waals surface area contributed by atoms with E-state index in [0.29, 0.717) is 11.4 Å². The molecule has 0 aliphatic heterocycles. The van der Waals surface area contributed by atoms with E-state index in [2.05, 4.69) is 20.4 Å². The zero-order valence-corrected chi connectivity index (χ0v) is 15.2. The number of hydrogen-bond donors (Lipinski definition) is 1. The summed E-state index contributed by atoms with van der Waals surface area (Å²) in [5, 5.41) is 7.04. The molecule has 0 saturated heterocycles. The van der Waals surface area contributed by atoms with E-state index in [1.165, 1.54) is 17.3 Å². The van der Waals surface area contributed by atoms with E-state index >= 15 is 0 Å². The van der Waals surface area contributed by atoms with Crippen LogP contribution in [0.4, 0.5) is 17.1 Å². The lowest BCUT2D eigenvalue weighted by molar-refractivity contribution is 0.102. The first-order chi connectivity index (χ1) is 13.7. The molecule has 28 heavy (non-hydrogen) atoms. The summed E-state index contributed by atoms with van der Waals surface area (Å²) >= 11 is 0. The SMILES string of the molecule is CN(c1ccccc1)c1ccccc1NC(=O)c1ccnc(-n2cncn2)c1. The Labute approximate surface area is 162 Å².